The van der Waals surface area contributed by atoms with Crippen molar-refractivity contribution in [1.82, 2.24) is 0 Å². The first-order valence-corrected chi connectivity index (χ1v) is 9.40. The van der Waals surface area contributed by atoms with Gasteiger partial charge in [0.15, 0.2) is 6.61 Å². The van der Waals surface area contributed by atoms with Crippen LogP contribution >= 0.6 is 0 Å². The van der Waals surface area contributed by atoms with Crippen LogP contribution in [0.1, 0.15) is 16.3 Å². The van der Waals surface area contributed by atoms with E-state index in [1.165, 1.54) is 6.07 Å². The van der Waals surface area contributed by atoms with Gasteiger partial charge < -0.3 is 19.2 Å². The highest BCUT2D eigenvalue weighted by atomic mass is 16.6. The Labute approximate surface area is 173 Å². The zero-order valence-electron chi connectivity index (χ0n) is 16.0. The molecule has 30 heavy (non-hydrogen) atoms. The molecule has 150 valence electrons. The van der Waals surface area contributed by atoms with Crippen LogP contribution in [-0.2, 0) is 16.1 Å². The van der Waals surface area contributed by atoms with Crippen molar-refractivity contribution < 1.29 is 23.5 Å². The smallest absolute Gasteiger partial charge is 0.374 e. The summed E-state index contributed by atoms with van der Waals surface area (Å²) in [6.45, 7) is -0.239. The summed E-state index contributed by atoms with van der Waals surface area (Å²) in [5, 5.41) is 4.69. The summed E-state index contributed by atoms with van der Waals surface area (Å²) < 4.78 is 16.1. The van der Waals surface area contributed by atoms with Crippen LogP contribution in [0.4, 0.5) is 5.69 Å². The van der Waals surface area contributed by atoms with E-state index in [1.807, 2.05) is 66.7 Å². The number of fused-ring (bicyclic) bond motifs is 1. The molecule has 0 unspecified atom stereocenters. The lowest BCUT2D eigenvalue weighted by Crippen LogP contribution is -2.20. The van der Waals surface area contributed by atoms with E-state index >= 15 is 0 Å². The molecule has 6 nitrogen and oxygen atoms in total. The standard InChI is InChI=1S/C24H19NO5/c26-23(25-21-12-6-8-17-7-4-5-11-20(17)21)16-29-24(27)22-14-13-19(30-22)15-28-18-9-2-1-3-10-18/h1-14H,15-16H2,(H,25,26). The van der Waals surface area contributed by atoms with E-state index < -0.39 is 18.5 Å². The average molecular weight is 401 g/mol. The number of para-hydroxylation sites is 1. The molecular formula is C24H19NO5. The minimum Gasteiger partial charge on any atom is -0.486 e. The van der Waals surface area contributed by atoms with Crippen molar-refractivity contribution in [2.75, 3.05) is 11.9 Å². The highest BCUT2D eigenvalue weighted by Gasteiger charge is 2.15. The van der Waals surface area contributed by atoms with E-state index in [0.29, 0.717) is 17.2 Å². The Hall–Kier alpha value is -4.06. The van der Waals surface area contributed by atoms with Crippen molar-refractivity contribution >= 4 is 28.3 Å². The van der Waals surface area contributed by atoms with Crippen molar-refractivity contribution in [2.45, 2.75) is 6.61 Å². The third-order valence-electron chi connectivity index (χ3n) is 4.39. The lowest BCUT2D eigenvalue weighted by Gasteiger charge is -2.09. The second-order valence-electron chi connectivity index (χ2n) is 6.52. The molecule has 0 fully saturated rings. The molecule has 0 spiro atoms. The Balaban J connectivity index is 1.30. The predicted octanol–water partition coefficient (Wildman–Crippen LogP) is 4.81. The fraction of sp³-hybridized carbons (Fsp3) is 0.0833. The van der Waals surface area contributed by atoms with E-state index in [-0.39, 0.29) is 12.4 Å². The van der Waals surface area contributed by atoms with Gasteiger partial charge in [0.05, 0.1) is 0 Å². The number of hydrogen-bond donors (Lipinski definition) is 1. The van der Waals surface area contributed by atoms with E-state index in [9.17, 15) is 9.59 Å². The Morgan fingerprint density at radius 3 is 2.47 bits per heavy atom. The van der Waals surface area contributed by atoms with Gasteiger partial charge in [-0.25, -0.2) is 4.79 Å². The number of benzene rings is 3. The topological polar surface area (TPSA) is 77.8 Å². The van der Waals surface area contributed by atoms with Crippen LogP contribution < -0.4 is 10.1 Å². The molecule has 6 heteroatoms. The largest absolute Gasteiger partial charge is 0.486 e. The fourth-order valence-corrected chi connectivity index (χ4v) is 2.96. The van der Waals surface area contributed by atoms with Gasteiger partial charge in [-0.2, -0.15) is 0 Å². The zero-order chi connectivity index (χ0) is 20.8. The van der Waals surface area contributed by atoms with Gasteiger partial charge >= 0.3 is 5.97 Å². The van der Waals surface area contributed by atoms with Gasteiger partial charge in [-0.1, -0.05) is 54.6 Å². The van der Waals surface area contributed by atoms with Gasteiger partial charge in [0.2, 0.25) is 5.76 Å². The predicted molar refractivity (Wildman–Crippen MR) is 112 cm³/mol. The molecular weight excluding hydrogens is 382 g/mol. The van der Waals surface area contributed by atoms with E-state index in [4.69, 9.17) is 13.9 Å². The van der Waals surface area contributed by atoms with Gasteiger partial charge in [-0.15, -0.1) is 0 Å². The maximum atomic E-state index is 12.2. The number of furan rings is 1. The first-order chi connectivity index (χ1) is 14.7. The second-order valence-corrected chi connectivity index (χ2v) is 6.52. The molecule has 1 heterocycles. The van der Waals surface area contributed by atoms with Gasteiger partial charge in [0, 0.05) is 11.1 Å². The molecule has 1 aromatic heterocycles. The Morgan fingerprint density at radius 1 is 0.833 bits per heavy atom. The van der Waals surface area contributed by atoms with Crippen LogP contribution in [0, 0.1) is 0 Å². The summed E-state index contributed by atoms with van der Waals surface area (Å²) in [4.78, 5) is 24.4. The normalized spacial score (nSPS) is 10.5. The average Bonchev–Trinajstić information content (AvgIpc) is 3.26. The van der Waals surface area contributed by atoms with Gasteiger partial charge in [-0.3, -0.25) is 4.79 Å². The van der Waals surface area contributed by atoms with Crippen LogP contribution in [0.25, 0.3) is 10.8 Å². The zero-order valence-corrected chi connectivity index (χ0v) is 16.0. The van der Waals surface area contributed by atoms with Crippen LogP contribution in [-0.4, -0.2) is 18.5 Å². The highest BCUT2D eigenvalue weighted by Crippen LogP contribution is 2.23. The molecule has 0 bridgehead atoms. The number of rotatable bonds is 7. The van der Waals surface area contributed by atoms with E-state index in [2.05, 4.69) is 5.32 Å². The fourth-order valence-electron chi connectivity index (χ4n) is 2.96. The molecule has 0 aliphatic heterocycles. The minimum absolute atomic E-state index is 0.0135. The lowest BCUT2D eigenvalue weighted by atomic mass is 10.1. The quantitative estimate of drug-likeness (QED) is 0.450. The van der Waals surface area contributed by atoms with Crippen LogP contribution in [0.3, 0.4) is 0 Å². The van der Waals surface area contributed by atoms with E-state index in [0.717, 1.165) is 10.8 Å². The number of esters is 1. The second kappa shape index (κ2) is 8.96. The molecule has 0 radical (unpaired) electrons. The molecule has 0 saturated carbocycles. The molecule has 4 aromatic rings. The summed E-state index contributed by atoms with van der Waals surface area (Å²) in [6, 6.07) is 25.7. The maximum absolute atomic E-state index is 12.2. The van der Waals surface area contributed by atoms with Gasteiger partial charge in [0.1, 0.15) is 18.1 Å². The molecule has 0 atom stereocenters. The Bertz CT molecular complexity index is 1160. The third kappa shape index (κ3) is 4.67. The molecule has 1 N–H and O–H groups in total. The van der Waals surface area contributed by atoms with Gasteiger partial charge in [-0.05, 0) is 35.7 Å². The minimum atomic E-state index is -0.714. The van der Waals surface area contributed by atoms with Crippen molar-refractivity contribution in [1.29, 1.82) is 0 Å². The molecule has 3 aromatic carbocycles. The molecule has 0 aliphatic rings. The Kier molecular flexibility index (Phi) is 5.75. The van der Waals surface area contributed by atoms with Crippen molar-refractivity contribution in [2.24, 2.45) is 0 Å². The molecule has 0 aliphatic carbocycles. The van der Waals surface area contributed by atoms with Crippen molar-refractivity contribution in [3.63, 3.8) is 0 Å². The van der Waals surface area contributed by atoms with Crippen LogP contribution in [0.2, 0.25) is 0 Å². The number of ether oxygens (including phenoxy) is 2. The first-order valence-electron chi connectivity index (χ1n) is 9.40. The number of nitrogens with one attached hydrogen (secondary N) is 1. The number of carbonyl (C=O) groups excluding carboxylic acids is 2. The molecule has 0 saturated heterocycles. The first kappa shape index (κ1) is 19.3. The summed E-state index contributed by atoms with van der Waals surface area (Å²) in [7, 11) is 0. The summed E-state index contributed by atoms with van der Waals surface area (Å²) in [5.41, 5.74) is 0.660. The molecule has 4 rings (SSSR count). The van der Waals surface area contributed by atoms with Crippen molar-refractivity contribution in [3.05, 3.63) is 96.4 Å². The molecule has 1 amide bonds. The van der Waals surface area contributed by atoms with Crippen LogP contribution in [0.15, 0.2) is 89.3 Å². The number of amides is 1. The lowest BCUT2D eigenvalue weighted by molar-refractivity contribution is -0.119. The van der Waals surface area contributed by atoms with Crippen molar-refractivity contribution in [3.8, 4) is 5.75 Å². The summed E-state index contributed by atoms with van der Waals surface area (Å²) in [6.07, 6.45) is 0. The Morgan fingerprint density at radius 2 is 1.60 bits per heavy atom. The third-order valence-corrected chi connectivity index (χ3v) is 4.39. The van der Waals surface area contributed by atoms with Gasteiger partial charge in [0.25, 0.3) is 5.91 Å². The summed E-state index contributed by atoms with van der Waals surface area (Å²) >= 11 is 0. The van der Waals surface area contributed by atoms with Crippen LogP contribution in [0.5, 0.6) is 5.75 Å². The SMILES string of the molecule is O=C(COC(=O)c1ccc(COc2ccccc2)o1)Nc1cccc2ccccc12. The monoisotopic (exact) mass is 401 g/mol. The number of anilines is 1. The number of carbonyl (C=O) groups is 2. The summed E-state index contributed by atoms with van der Waals surface area (Å²) in [5.74, 6) is 0.0432. The number of hydrogen-bond acceptors (Lipinski definition) is 5. The maximum Gasteiger partial charge on any atom is 0.374 e. The van der Waals surface area contributed by atoms with E-state index in [1.54, 1.807) is 12.1 Å². The highest BCUT2D eigenvalue weighted by molar-refractivity contribution is 6.03.